The summed E-state index contributed by atoms with van der Waals surface area (Å²) in [5, 5.41) is 15.7. The number of rotatable bonds is 6. The molecule has 0 saturated carbocycles. The van der Waals surface area contributed by atoms with Crippen molar-refractivity contribution in [3.63, 3.8) is 0 Å². The van der Waals surface area contributed by atoms with Crippen LogP contribution in [0.2, 0.25) is 10.0 Å². The van der Waals surface area contributed by atoms with E-state index in [9.17, 15) is 9.59 Å². The predicted molar refractivity (Wildman–Crippen MR) is 205 cm³/mol. The van der Waals surface area contributed by atoms with Gasteiger partial charge in [-0.15, -0.1) is 0 Å². The number of halogens is 4. The number of aromatic nitrogens is 6. The monoisotopic (exact) mass is 880 g/mol. The van der Waals surface area contributed by atoms with Crippen LogP contribution in [0, 0.1) is 13.8 Å². The van der Waals surface area contributed by atoms with E-state index < -0.39 is 0 Å². The number of aryl methyl sites for hydroxylation is 2. The van der Waals surface area contributed by atoms with Crippen molar-refractivity contribution in [1.82, 2.24) is 40.2 Å². The number of aromatic amines is 2. The molecule has 0 saturated heterocycles. The predicted octanol–water partition coefficient (Wildman–Crippen LogP) is 8.98. The Hall–Kier alpha value is -3.70. The fourth-order valence-electron chi connectivity index (χ4n) is 3.94. The topological polar surface area (TPSA) is 124 Å². The Morgan fingerprint density at radius 2 is 0.846 bits per heavy atom. The molecular formula is C36H38Cl4Cu2N8O2. The maximum atomic E-state index is 9.43. The molecule has 10 nitrogen and oxygen atoms in total. The molecule has 6 rings (SSSR count). The van der Waals surface area contributed by atoms with Gasteiger partial charge in [-0.25, -0.2) is 0 Å². The molecule has 0 radical (unpaired) electrons. The van der Waals surface area contributed by atoms with Gasteiger partial charge in [-0.2, -0.15) is 10.2 Å². The SMILES string of the molecule is CN(C)C=O.CN(C)C=O.Cc1cccc(-c2[nH]nc(-c3ccccc3)c2Cl)n1.Cc1cccc(-c2[nH]nc(-c3ccccc3)c2Cl)n1.[Cl][Cu].[Cl][Cu]. The molecule has 0 aliphatic rings. The third-order valence-electron chi connectivity index (χ3n) is 6.22. The fraction of sp³-hybridized carbons (Fsp3) is 0.167. The van der Waals surface area contributed by atoms with E-state index in [1.54, 1.807) is 28.2 Å². The van der Waals surface area contributed by atoms with E-state index in [1.807, 2.05) is 111 Å². The number of pyridine rings is 2. The summed E-state index contributed by atoms with van der Waals surface area (Å²) in [7, 11) is 15.2. The van der Waals surface area contributed by atoms with Gasteiger partial charge >= 0.3 is 50.4 Å². The summed E-state index contributed by atoms with van der Waals surface area (Å²) in [6, 6.07) is 31.4. The first kappa shape index (κ1) is 46.3. The van der Waals surface area contributed by atoms with E-state index >= 15 is 0 Å². The number of nitrogens with one attached hydrogen (secondary N) is 2. The number of benzene rings is 2. The molecule has 2 aromatic carbocycles. The summed E-state index contributed by atoms with van der Waals surface area (Å²) in [4.78, 5) is 30.7. The molecule has 16 heteroatoms. The van der Waals surface area contributed by atoms with Gasteiger partial charge in [0.2, 0.25) is 12.8 Å². The quantitative estimate of drug-likeness (QED) is 0.127. The van der Waals surface area contributed by atoms with Crippen LogP contribution < -0.4 is 0 Å². The summed E-state index contributed by atoms with van der Waals surface area (Å²) >= 11 is 20.1. The fourth-order valence-corrected chi connectivity index (χ4v) is 4.52. The van der Waals surface area contributed by atoms with Gasteiger partial charge < -0.3 is 9.80 Å². The number of carbonyl (C=O) groups excluding carboxylic acids is 2. The minimum atomic E-state index is 0.601. The zero-order valence-electron chi connectivity index (χ0n) is 29.0. The van der Waals surface area contributed by atoms with Crippen molar-refractivity contribution < 1.29 is 39.8 Å². The van der Waals surface area contributed by atoms with E-state index in [2.05, 4.69) is 80.8 Å². The van der Waals surface area contributed by atoms with E-state index in [4.69, 9.17) is 23.2 Å². The summed E-state index contributed by atoms with van der Waals surface area (Å²) in [5.74, 6) is 0. The Kier molecular flexibility index (Phi) is 23.3. The average molecular weight is 884 g/mol. The standard InChI is InChI=1S/2C15H12ClN3.2C3H7NO.2ClH.2Cu/c2*1-10-6-5-9-12(17-10)15-13(16)14(18-19-15)11-7-3-2-4-8-11;2*1-4(2)3-5;;;;/h2*2-9H,1H3,(H,18,19);2*3H,1-2H3;2*1H;;/q;;;;;;2*+1/p-2. The van der Waals surface area contributed by atoms with Crippen molar-refractivity contribution in [2.45, 2.75) is 13.8 Å². The zero-order chi connectivity index (χ0) is 39.1. The van der Waals surface area contributed by atoms with Crippen molar-refractivity contribution in [2.24, 2.45) is 0 Å². The molecule has 52 heavy (non-hydrogen) atoms. The Balaban J connectivity index is 0.000000386. The first-order chi connectivity index (χ1) is 25.0. The Bertz CT molecular complexity index is 1760. The van der Waals surface area contributed by atoms with Gasteiger partial charge in [0.05, 0.1) is 21.4 Å². The normalized spacial score (nSPS) is 9.35. The molecule has 4 heterocycles. The molecule has 0 atom stereocenters. The Morgan fingerprint density at radius 3 is 1.12 bits per heavy atom. The van der Waals surface area contributed by atoms with Crippen LogP contribution in [0.5, 0.6) is 0 Å². The van der Waals surface area contributed by atoms with Gasteiger partial charge in [0.25, 0.3) is 0 Å². The number of hydrogen-bond donors (Lipinski definition) is 2. The average Bonchev–Trinajstić information content (AvgIpc) is 3.76. The first-order valence-electron chi connectivity index (χ1n) is 15.0. The van der Waals surface area contributed by atoms with Gasteiger partial charge in [-0.1, -0.05) is 96.0 Å². The van der Waals surface area contributed by atoms with Crippen LogP contribution >= 0.6 is 43.4 Å². The third kappa shape index (κ3) is 15.5. The molecule has 0 aliphatic carbocycles. The first-order valence-corrected chi connectivity index (χ1v) is 18.3. The van der Waals surface area contributed by atoms with E-state index in [0.29, 0.717) is 10.0 Å². The number of hydrogen-bond acceptors (Lipinski definition) is 6. The molecule has 0 bridgehead atoms. The molecule has 6 aromatic rings. The molecule has 0 fully saturated rings. The summed E-state index contributed by atoms with van der Waals surface area (Å²) < 4.78 is 0. The van der Waals surface area contributed by atoms with Crippen molar-refractivity contribution in [3.05, 3.63) is 118 Å². The van der Waals surface area contributed by atoms with E-state index in [1.165, 1.54) is 9.80 Å². The molecular weight excluding hydrogens is 845 g/mol. The van der Waals surface area contributed by atoms with Gasteiger partial charge in [0, 0.05) is 50.7 Å². The van der Waals surface area contributed by atoms with Crippen LogP contribution in [0.3, 0.4) is 0 Å². The van der Waals surface area contributed by atoms with Crippen molar-refractivity contribution in [2.75, 3.05) is 28.2 Å². The van der Waals surface area contributed by atoms with E-state index in [-0.39, 0.29) is 0 Å². The molecule has 0 spiro atoms. The van der Waals surface area contributed by atoms with Gasteiger partial charge in [0.15, 0.2) is 0 Å². The number of nitrogens with zero attached hydrogens (tertiary/aromatic N) is 6. The van der Waals surface area contributed by atoms with Crippen LogP contribution in [0.15, 0.2) is 97.1 Å². The second-order valence-electron chi connectivity index (χ2n) is 10.7. The number of amides is 2. The maximum absolute atomic E-state index is 9.43. The Morgan fingerprint density at radius 1 is 0.538 bits per heavy atom. The van der Waals surface area contributed by atoms with Gasteiger partial charge in [-0.3, -0.25) is 29.8 Å². The second-order valence-corrected chi connectivity index (χ2v) is 11.5. The molecule has 0 aliphatic heterocycles. The van der Waals surface area contributed by atoms with Crippen LogP contribution in [-0.4, -0.2) is 81.2 Å². The molecule has 284 valence electrons. The number of carbonyl (C=O) groups is 2. The molecule has 4 aromatic heterocycles. The second kappa shape index (κ2) is 26.1. The molecule has 2 amide bonds. The molecule has 2 N–H and O–H groups in total. The summed E-state index contributed by atoms with van der Waals surface area (Å²) in [6.45, 7) is 3.90. The van der Waals surface area contributed by atoms with Crippen molar-refractivity contribution >= 4 is 56.2 Å². The van der Waals surface area contributed by atoms with Crippen LogP contribution in [0.25, 0.3) is 45.3 Å². The Labute approximate surface area is 339 Å². The third-order valence-corrected chi connectivity index (χ3v) is 6.95. The van der Waals surface area contributed by atoms with Crippen molar-refractivity contribution in [1.29, 1.82) is 0 Å². The van der Waals surface area contributed by atoms with Crippen LogP contribution in [-0.2, 0) is 39.8 Å². The molecule has 0 unspecified atom stereocenters. The van der Waals surface area contributed by atoms with Gasteiger partial charge in [0.1, 0.15) is 22.8 Å². The minimum absolute atomic E-state index is 0.601. The van der Waals surface area contributed by atoms with E-state index in [0.717, 1.165) is 69.5 Å². The number of H-pyrrole nitrogens is 2. The summed E-state index contributed by atoms with van der Waals surface area (Å²) in [5.41, 5.74) is 8.49. The summed E-state index contributed by atoms with van der Waals surface area (Å²) in [6.07, 6.45) is 1.50. The van der Waals surface area contributed by atoms with Gasteiger partial charge in [-0.05, 0) is 38.1 Å². The van der Waals surface area contributed by atoms with Crippen molar-refractivity contribution in [3.8, 4) is 45.3 Å². The zero-order valence-corrected chi connectivity index (χ0v) is 33.9. The van der Waals surface area contributed by atoms with Crippen LogP contribution in [0.4, 0.5) is 0 Å². The van der Waals surface area contributed by atoms with Crippen LogP contribution in [0.1, 0.15) is 11.4 Å².